The lowest BCUT2D eigenvalue weighted by Gasteiger charge is -2.27. The molecular formula is C14H24O5. The van der Waals surface area contributed by atoms with Gasteiger partial charge in [-0.25, -0.2) is 0 Å². The molecule has 1 aliphatic heterocycles. The first-order valence-electron chi connectivity index (χ1n) is 6.68. The molecule has 110 valence electrons. The molecule has 0 spiro atoms. The smallest absolute Gasteiger partial charge is 0.218 e. The van der Waals surface area contributed by atoms with Crippen molar-refractivity contribution in [1.29, 1.82) is 0 Å². The minimum atomic E-state index is -0.999. The van der Waals surface area contributed by atoms with Crippen molar-refractivity contribution in [2.24, 2.45) is 5.92 Å². The van der Waals surface area contributed by atoms with Gasteiger partial charge < -0.3 is 14.2 Å². The number of ether oxygens (including phenoxy) is 3. The second-order valence-corrected chi connectivity index (χ2v) is 5.66. The SMILES string of the molecule is CCOC(OCC)C(=O)C1C(=O)C(C)(C)OC1(C)C. The van der Waals surface area contributed by atoms with Gasteiger partial charge in [0, 0.05) is 13.2 Å². The maximum Gasteiger partial charge on any atom is 0.218 e. The fourth-order valence-electron chi connectivity index (χ4n) is 2.55. The molecule has 0 aliphatic carbocycles. The number of carbonyl (C=O) groups is 2. The van der Waals surface area contributed by atoms with Crippen LogP contribution in [0.5, 0.6) is 0 Å². The Morgan fingerprint density at radius 2 is 1.68 bits per heavy atom. The average molecular weight is 272 g/mol. The van der Waals surface area contributed by atoms with E-state index in [9.17, 15) is 9.59 Å². The van der Waals surface area contributed by atoms with E-state index < -0.39 is 23.4 Å². The Labute approximate surface area is 114 Å². The molecule has 0 N–H and O–H groups in total. The van der Waals surface area contributed by atoms with Crippen LogP contribution in [0.4, 0.5) is 0 Å². The molecule has 1 aliphatic rings. The van der Waals surface area contributed by atoms with Gasteiger partial charge in [0.05, 0.1) is 5.60 Å². The summed E-state index contributed by atoms with van der Waals surface area (Å²) >= 11 is 0. The molecule has 5 nitrogen and oxygen atoms in total. The average Bonchev–Trinajstić information content (AvgIpc) is 2.42. The first-order chi connectivity index (χ1) is 8.67. The molecule has 1 unspecified atom stereocenters. The van der Waals surface area contributed by atoms with Crippen LogP contribution in [0.25, 0.3) is 0 Å². The van der Waals surface area contributed by atoms with Gasteiger partial charge in [0.15, 0.2) is 5.78 Å². The summed E-state index contributed by atoms with van der Waals surface area (Å²) in [7, 11) is 0. The zero-order valence-corrected chi connectivity index (χ0v) is 12.6. The predicted molar refractivity (Wildman–Crippen MR) is 69.8 cm³/mol. The van der Waals surface area contributed by atoms with Gasteiger partial charge in [-0.15, -0.1) is 0 Å². The van der Waals surface area contributed by atoms with Crippen LogP contribution in [-0.2, 0) is 23.8 Å². The van der Waals surface area contributed by atoms with Crippen molar-refractivity contribution in [2.75, 3.05) is 13.2 Å². The maximum absolute atomic E-state index is 12.5. The van der Waals surface area contributed by atoms with Crippen LogP contribution in [0.2, 0.25) is 0 Å². The predicted octanol–water partition coefficient (Wildman–Crippen LogP) is 1.73. The van der Waals surface area contributed by atoms with E-state index in [-0.39, 0.29) is 11.6 Å². The Morgan fingerprint density at radius 3 is 2.00 bits per heavy atom. The van der Waals surface area contributed by atoms with E-state index in [2.05, 4.69) is 0 Å². The molecule has 5 heteroatoms. The number of ketones is 2. The fourth-order valence-corrected chi connectivity index (χ4v) is 2.55. The van der Waals surface area contributed by atoms with Gasteiger partial charge in [0.2, 0.25) is 12.1 Å². The number of hydrogen-bond donors (Lipinski definition) is 0. The van der Waals surface area contributed by atoms with E-state index in [1.54, 1.807) is 41.5 Å². The fraction of sp³-hybridized carbons (Fsp3) is 0.857. The van der Waals surface area contributed by atoms with Gasteiger partial charge in [-0.3, -0.25) is 9.59 Å². The molecule has 1 saturated heterocycles. The largest absolute Gasteiger partial charge is 0.361 e. The molecular weight excluding hydrogens is 248 g/mol. The first-order valence-corrected chi connectivity index (χ1v) is 6.68. The molecule has 0 bridgehead atoms. The second-order valence-electron chi connectivity index (χ2n) is 5.66. The normalized spacial score (nSPS) is 25.0. The van der Waals surface area contributed by atoms with Crippen molar-refractivity contribution in [2.45, 2.75) is 59.0 Å². The summed E-state index contributed by atoms with van der Waals surface area (Å²) in [5, 5.41) is 0. The lowest BCUT2D eigenvalue weighted by atomic mass is 9.82. The van der Waals surface area contributed by atoms with Gasteiger partial charge in [-0.2, -0.15) is 0 Å². The van der Waals surface area contributed by atoms with Gasteiger partial charge in [0.1, 0.15) is 11.5 Å². The Morgan fingerprint density at radius 1 is 1.21 bits per heavy atom. The van der Waals surface area contributed by atoms with Crippen molar-refractivity contribution in [3.63, 3.8) is 0 Å². The van der Waals surface area contributed by atoms with E-state index in [1.807, 2.05) is 0 Å². The summed E-state index contributed by atoms with van der Waals surface area (Å²) in [6.45, 7) is 11.1. The van der Waals surface area contributed by atoms with Crippen molar-refractivity contribution in [1.82, 2.24) is 0 Å². The zero-order valence-electron chi connectivity index (χ0n) is 12.6. The van der Waals surface area contributed by atoms with Crippen LogP contribution in [-0.4, -0.2) is 42.3 Å². The summed E-state index contributed by atoms with van der Waals surface area (Å²) in [5.74, 6) is -1.43. The van der Waals surface area contributed by atoms with Crippen LogP contribution in [0.1, 0.15) is 41.5 Å². The van der Waals surface area contributed by atoms with E-state index >= 15 is 0 Å². The quantitative estimate of drug-likeness (QED) is 0.544. The monoisotopic (exact) mass is 272 g/mol. The number of Topliss-reactive ketones (excluding diaryl/α,β-unsaturated/α-hetero) is 2. The standard InChI is InChI=1S/C14H24O5/c1-7-17-12(18-8-2)10(15)9-11(16)14(5,6)19-13(9,3)4/h9,12H,7-8H2,1-6H3. The van der Waals surface area contributed by atoms with Crippen molar-refractivity contribution < 1.29 is 23.8 Å². The van der Waals surface area contributed by atoms with E-state index in [1.165, 1.54) is 0 Å². The minimum absolute atomic E-state index is 0.216. The van der Waals surface area contributed by atoms with Gasteiger partial charge >= 0.3 is 0 Å². The Hall–Kier alpha value is -0.780. The van der Waals surface area contributed by atoms with Crippen LogP contribution >= 0.6 is 0 Å². The van der Waals surface area contributed by atoms with Crippen molar-refractivity contribution in [3.8, 4) is 0 Å². The minimum Gasteiger partial charge on any atom is -0.361 e. The molecule has 1 atom stereocenters. The van der Waals surface area contributed by atoms with Gasteiger partial charge in [-0.05, 0) is 41.5 Å². The number of hydrogen-bond acceptors (Lipinski definition) is 5. The molecule has 1 heterocycles. The summed E-state index contributed by atoms with van der Waals surface area (Å²) in [6.07, 6.45) is -0.999. The molecule has 1 rings (SSSR count). The topological polar surface area (TPSA) is 61.8 Å². The summed E-state index contributed by atoms with van der Waals surface area (Å²) in [5.41, 5.74) is -1.79. The molecule has 1 fully saturated rings. The second kappa shape index (κ2) is 5.69. The Bertz CT molecular complexity index is 353. The summed E-state index contributed by atoms with van der Waals surface area (Å²) in [6, 6.07) is 0. The highest BCUT2D eigenvalue weighted by Crippen LogP contribution is 2.40. The van der Waals surface area contributed by atoms with Gasteiger partial charge in [0.25, 0.3) is 0 Å². The molecule has 0 amide bonds. The third-order valence-corrected chi connectivity index (χ3v) is 3.22. The molecule has 0 radical (unpaired) electrons. The molecule has 0 aromatic heterocycles. The zero-order chi connectivity index (χ0) is 14.8. The molecule has 19 heavy (non-hydrogen) atoms. The number of carbonyl (C=O) groups excluding carboxylic acids is 2. The molecule has 0 aromatic rings. The Balaban J connectivity index is 2.99. The molecule has 0 saturated carbocycles. The van der Waals surface area contributed by atoms with Gasteiger partial charge in [-0.1, -0.05) is 0 Å². The van der Waals surface area contributed by atoms with Crippen LogP contribution in [0.3, 0.4) is 0 Å². The highest BCUT2D eigenvalue weighted by Gasteiger charge is 2.57. The van der Waals surface area contributed by atoms with E-state index in [4.69, 9.17) is 14.2 Å². The lowest BCUT2D eigenvalue weighted by Crippen LogP contribution is -2.44. The van der Waals surface area contributed by atoms with Crippen molar-refractivity contribution >= 4 is 11.6 Å². The van der Waals surface area contributed by atoms with Crippen LogP contribution < -0.4 is 0 Å². The third kappa shape index (κ3) is 3.22. The summed E-state index contributed by atoms with van der Waals surface area (Å²) < 4.78 is 16.3. The first kappa shape index (κ1) is 16.3. The van der Waals surface area contributed by atoms with E-state index in [0.29, 0.717) is 13.2 Å². The lowest BCUT2D eigenvalue weighted by molar-refractivity contribution is -0.176. The van der Waals surface area contributed by atoms with Crippen LogP contribution in [0, 0.1) is 5.92 Å². The highest BCUT2D eigenvalue weighted by molar-refractivity contribution is 6.09. The highest BCUT2D eigenvalue weighted by atomic mass is 16.7. The van der Waals surface area contributed by atoms with E-state index in [0.717, 1.165) is 0 Å². The Kier molecular flexibility index (Phi) is 4.87. The molecule has 0 aromatic carbocycles. The van der Waals surface area contributed by atoms with Crippen molar-refractivity contribution in [3.05, 3.63) is 0 Å². The summed E-state index contributed by atoms with van der Waals surface area (Å²) in [4.78, 5) is 24.8. The number of rotatable bonds is 6. The maximum atomic E-state index is 12.5. The van der Waals surface area contributed by atoms with Crippen LogP contribution in [0.15, 0.2) is 0 Å². The third-order valence-electron chi connectivity index (χ3n) is 3.22.